The molecule has 1 aromatic rings. The third kappa shape index (κ3) is 1.98. The molecular formula is C11H12N2O3. The van der Waals surface area contributed by atoms with E-state index in [-0.39, 0.29) is 12.5 Å². The predicted molar refractivity (Wildman–Crippen MR) is 58.0 cm³/mol. The van der Waals surface area contributed by atoms with Crippen LogP contribution < -0.4 is 5.32 Å². The fourth-order valence-electron chi connectivity index (χ4n) is 1.49. The molecule has 2 amide bonds. The molecule has 2 rings (SSSR count). The molecule has 0 spiro atoms. The predicted octanol–water partition coefficient (Wildman–Crippen LogP) is 1.08. The lowest BCUT2D eigenvalue weighted by Gasteiger charge is -2.15. The largest absolute Gasteiger partial charge is 0.447 e. The van der Waals surface area contributed by atoms with Crippen LogP contribution in [-0.4, -0.2) is 36.6 Å². The lowest BCUT2D eigenvalue weighted by Crippen LogP contribution is -2.40. The minimum absolute atomic E-state index is 0.105. The molecule has 0 bridgehead atoms. The van der Waals surface area contributed by atoms with E-state index in [1.54, 1.807) is 19.2 Å². The van der Waals surface area contributed by atoms with Crippen LogP contribution in [0.5, 0.6) is 0 Å². The Hall–Kier alpha value is -2.04. The van der Waals surface area contributed by atoms with Crippen molar-refractivity contribution in [1.82, 2.24) is 4.90 Å². The zero-order valence-corrected chi connectivity index (χ0v) is 8.84. The summed E-state index contributed by atoms with van der Waals surface area (Å²) >= 11 is 0. The first-order valence-corrected chi connectivity index (χ1v) is 4.94. The zero-order chi connectivity index (χ0) is 11.5. The van der Waals surface area contributed by atoms with Gasteiger partial charge in [0.05, 0.1) is 0 Å². The summed E-state index contributed by atoms with van der Waals surface area (Å²) < 4.78 is 4.76. The fourth-order valence-corrected chi connectivity index (χ4v) is 1.49. The Morgan fingerprint density at radius 1 is 1.44 bits per heavy atom. The van der Waals surface area contributed by atoms with Crippen molar-refractivity contribution in [3.63, 3.8) is 0 Å². The highest BCUT2D eigenvalue weighted by Crippen LogP contribution is 2.12. The van der Waals surface area contributed by atoms with E-state index in [1.807, 2.05) is 18.2 Å². The van der Waals surface area contributed by atoms with Crippen LogP contribution in [0.15, 0.2) is 30.3 Å². The van der Waals surface area contributed by atoms with Gasteiger partial charge in [0.25, 0.3) is 5.91 Å². The number of benzene rings is 1. The minimum Gasteiger partial charge on any atom is -0.447 e. The Bertz CT molecular complexity index is 405. The highest BCUT2D eigenvalue weighted by molar-refractivity contribution is 5.97. The molecular weight excluding hydrogens is 208 g/mol. The number of nitrogens with zero attached hydrogens (tertiary/aromatic N) is 1. The van der Waals surface area contributed by atoms with E-state index in [4.69, 9.17) is 4.74 Å². The number of amides is 2. The van der Waals surface area contributed by atoms with E-state index in [9.17, 15) is 9.59 Å². The van der Waals surface area contributed by atoms with Crippen molar-refractivity contribution in [2.45, 2.75) is 6.04 Å². The van der Waals surface area contributed by atoms with Crippen LogP contribution in [0, 0.1) is 0 Å². The second-order valence-electron chi connectivity index (χ2n) is 3.56. The molecule has 0 aliphatic carbocycles. The molecule has 0 aromatic heterocycles. The highest BCUT2D eigenvalue weighted by Gasteiger charge is 2.35. The first-order chi connectivity index (χ1) is 7.68. The maximum Gasteiger partial charge on any atom is 0.410 e. The SMILES string of the molecule is CN1C(=O)OCC1C(=O)Nc1ccccc1. The lowest BCUT2D eigenvalue weighted by molar-refractivity contribution is -0.119. The number of rotatable bonds is 2. The summed E-state index contributed by atoms with van der Waals surface area (Å²) in [6.45, 7) is 0.105. The van der Waals surface area contributed by atoms with Gasteiger partial charge in [0.1, 0.15) is 12.6 Å². The number of likely N-dealkylation sites (N-methyl/N-ethyl adjacent to an activating group) is 1. The molecule has 1 heterocycles. The summed E-state index contributed by atoms with van der Waals surface area (Å²) in [5.41, 5.74) is 0.709. The molecule has 1 aromatic carbocycles. The summed E-state index contributed by atoms with van der Waals surface area (Å²) in [5, 5.41) is 2.72. The van der Waals surface area contributed by atoms with Crippen LogP contribution in [0.25, 0.3) is 0 Å². The second kappa shape index (κ2) is 4.22. The van der Waals surface area contributed by atoms with Crippen LogP contribution >= 0.6 is 0 Å². The van der Waals surface area contributed by atoms with Crippen molar-refractivity contribution in [3.8, 4) is 0 Å². The van der Waals surface area contributed by atoms with Crippen molar-refractivity contribution in [2.75, 3.05) is 19.0 Å². The molecule has 1 saturated heterocycles. The van der Waals surface area contributed by atoms with Gasteiger partial charge in [-0.2, -0.15) is 0 Å². The molecule has 1 aliphatic rings. The summed E-state index contributed by atoms with van der Waals surface area (Å²) in [4.78, 5) is 24.1. The Morgan fingerprint density at radius 3 is 2.69 bits per heavy atom. The normalized spacial score (nSPS) is 19.4. The number of ether oxygens (including phenoxy) is 1. The molecule has 5 nitrogen and oxygen atoms in total. The molecule has 0 saturated carbocycles. The Labute approximate surface area is 93.0 Å². The number of carbonyl (C=O) groups is 2. The van der Waals surface area contributed by atoms with Gasteiger partial charge >= 0.3 is 6.09 Å². The monoisotopic (exact) mass is 220 g/mol. The average molecular weight is 220 g/mol. The topological polar surface area (TPSA) is 58.6 Å². The molecule has 1 atom stereocenters. The van der Waals surface area contributed by atoms with Crippen LogP contribution in [0.3, 0.4) is 0 Å². The molecule has 1 fully saturated rings. The first kappa shape index (κ1) is 10.5. The zero-order valence-electron chi connectivity index (χ0n) is 8.84. The molecule has 5 heteroatoms. The average Bonchev–Trinajstić information content (AvgIpc) is 2.61. The van der Waals surface area contributed by atoms with Gasteiger partial charge in [0.2, 0.25) is 0 Å². The number of nitrogens with one attached hydrogen (secondary N) is 1. The third-order valence-electron chi connectivity index (χ3n) is 2.46. The summed E-state index contributed by atoms with van der Waals surface area (Å²) in [6.07, 6.45) is -0.465. The van der Waals surface area contributed by atoms with E-state index in [0.29, 0.717) is 5.69 Å². The van der Waals surface area contributed by atoms with E-state index < -0.39 is 12.1 Å². The maximum absolute atomic E-state index is 11.8. The van der Waals surface area contributed by atoms with E-state index in [0.717, 1.165) is 0 Å². The fraction of sp³-hybridized carbons (Fsp3) is 0.273. The van der Waals surface area contributed by atoms with Gasteiger partial charge in [-0.1, -0.05) is 18.2 Å². The summed E-state index contributed by atoms with van der Waals surface area (Å²) in [5.74, 6) is -0.237. The van der Waals surface area contributed by atoms with Crippen LogP contribution in [0.4, 0.5) is 10.5 Å². The molecule has 84 valence electrons. The van der Waals surface area contributed by atoms with Crippen molar-refractivity contribution in [3.05, 3.63) is 30.3 Å². The van der Waals surface area contributed by atoms with Crippen LogP contribution in [-0.2, 0) is 9.53 Å². The van der Waals surface area contributed by atoms with Crippen molar-refractivity contribution >= 4 is 17.7 Å². The number of hydrogen-bond acceptors (Lipinski definition) is 3. The summed E-state index contributed by atoms with van der Waals surface area (Å²) in [7, 11) is 1.55. The standard InChI is InChI=1S/C11H12N2O3/c1-13-9(7-16-11(13)15)10(14)12-8-5-3-2-4-6-8/h2-6,9H,7H2,1H3,(H,12,14). The maximum atomic E-state index is 11.8. The minimum atomic E-state index is -0.548. The van der Waals surface area contributed by atoms with Gasteiger partial charge in [-0.3, -0.25) is 9.69 Å². The number of carbonyl (C=O) groups excluding carboxylic acids is 2. The molecule has 1 aliphatic heterocycles. The van der Waals surface area contributed by atoms with Crippen molar-refractivity contribution in [1.29, 1.82) is 0 Å². The van der Waals surface area contributed by atoms with Crippen molar-refractivity contribution < 1.29 is 14.3 Å². The molecule has 16 heavy (non-hydrogen) atoms. The smallest absolute Gasteiger partial charge is 0.410 e. The Morgan fingerprint density at radius 2 is 2.12 bits per heavy atom. The number of anilines is 1. The second-order valence-corrected chi connectivity index (χ2v) is 3.56. The molecule has 1 unspecified atom stereocenters. The number of cyclic esters (lactones) is 1. The van der Waals surface area contributed by atoms with E-state index in [2.05, 4.69) is 5.32 Å². The number of hydrogen-bond donors (Lipinski definition) is 1. The van der Waals surface area contributed by atoms with E-state index >= 15 is 0 Å². The van der Waals surface area contributed by atoms with Crippen LogP contribution in [0.2, 0.25) is 0 Å². The molecule has 0 radical (unpaired) electrons. The van der Waals surface area contributed by atoms with Crippen molar-refractivity contribution in [2.24, 2.45) is 0 Å². The van der Waals surface area contributed by atoms with Gasteiger partial charge in [-0.05, 0) is 12.1 Å². The van der Waals surface area contributed by atoms with Gasteiger partial charge in [0, 0.05) is 12.7 Å². The van der Waals surface area contributed by atoms with Gasteiger partial charge in [-0.15, -0.1) is 0 Å². The van der Waals surface area contributed by atoms with Gasteiger partial charge in [-0.25, -0.2) is 4.79 Å². The quantitative estimate of drug-likeness (QED) is 0.811. The van der Waals surface area contributed by atoms with Gasteiger partial charge < -0.3 is 10.1 Å². The van der Waals surface area contributed by atoms with Crippen LogP contribution in [0.1, 0.15) is 0 Å². The lowest BCUT2D eigenvalue weighted by atomic mass is 10.2. The van der Waals surface area contributed by atoms with Gasteiger partial charge in [0.15, 0.2) is 0 Å². The Kier molecular flexibility index (Phi) is 2.76. The summed E-state index contributed by atoms with van der Waals surface area (Å²) in [6, 6.07) is 8.55. The van der Waals surface area contributed by atoms with E-state index in [1.165, 1.54) is 4.90 Å². The highest BCUT2D eigenvalue weighted by atomic mass is 16.6. The third-order valence-corrected chi connectivity index (χ3v) is 2.46. The Balaban J connectivity index is 2.02. The molecule has 1 N–H and O–H groups in total. The first-order valence-electron chi connectivity index (χ1n) is 4.94. The number of para-hydroxylation sites is 1.